The first-order valence-electron chi connectivity index (χ1n) is 9.21. The molecule has 1 aromatic carbocycles. The van der Waals surface area contributed by atoms with Gasteiger partial charge in [-0.3, -0.25) is 9.69 Å². The van der Waals surface area contributed by atoms with E-state index in [9.17, 15) is 4.79 Å². The largest absolute Gasteiger partial charge is 0.338 e. The third-order valence-electron chi connectivity index (χ3n) is 5.03. The van der Waals surface area contributed by atoms with Gasteiger partial charge in [0.25, 0.3) is 0 Å². The molecule has 1 saturated heterocycles. The summed E-state index contributed by atoms with van der Waals surface area (Å²) in [6.07, 6.45) is 2.75. The maximum absolute atomic E-state index is 12.5. The maximum atomic E-state index is 12.5. The van der Waals surface area contributed by atoms with E-state index < -0.39 is 0 Å². The highest BCUT2D eigenvalue weighted by molar-refractivity contribution is 5.76. The van der Waals surface area contributed by atoms with Gasteiger partial charge in [-0.15, -0.1) is 0 Å². The second-order valence-corrected chi connectivity index (χ2v) is 7.21. The predicted molar refractivity (Wildman–Crippen MR) is 100 cm³/mol. The fourth-order valence-electron chi connectivity index (χ4n) is 3.40. The van der Waals surface area contributed by atoms with E-state index in [1.807, 2.05) is 4.90 Å². The van der Waals surface area contributed by atoms with Gasteiger partial charge in [0, 0.05) is 38.6 Å². The minimum atomic E-state index is 0.307. The first-order valence-corrected chi connectivity index (χ1v) is 9.21. The fourth-order valence-corrected chi connectivity index (χ4v) is 3.40. The Morgan fingerprint density at radius 1 is 1.12 bits per heavy atom. The van der Waals surface area contributed by atoms with Crippen LogP contribution in [0.15, 0.2) is 24.3 Å². The van der Waals surface area contributed by atoms with E-state index in [-0.39, 0.29) is 0 Å². The molecule has 0 radical (unpaired) electrons. The Labute approximate surface area is 147 Å². The van der Waals surface area contributed by atoms with Gasteiger partial charge in [-0.25, -0.2) is 0 Å². The van der Waals surface area contributed by atoms with Gasteiger partial charge in [0.15, 0.2) is 0 Å². The number of carbonyl (C=O) groups is 1. The van der Waals surface area contributed by atoms with Crippen molar-refractivity contribution in [1.29, 1.82) is 0 Å². The summed E-state index contributed by atoms with van der Waals surface area (Å²) < 4.78 is 0. The molecule has 0 aromatic heterocycles. The quantitative estimate of drug-likeness (QED) is 0.769. The molecule has 1 fully saturated rings. The number of benzene rings is 1. The molecule has 4 nitrogen and oxygen atoms in total. The first-order chi connectivity index (χ1) is 11.5. The number of hydrogen-bond acceptors (Lipinski definition) is 3. The Hall–Kier alpha value is -1.39. The summed E-state index contributed by atoms with van der Waals surface area (Å²) in [4.78, 5) is 19.3. The van der Waals surface area contributed by atoms with Gasteiger partial charge in [-0.1, -0.05) is 36.8 Å². The van der Waals surface area contributed by atoms with Gasteiger partial charge in [0.1, 0.15) is 0 Å². The number of rotatable bonds is 7. The normalized spacial score (nSPS) is 19.2. The lowest BCUT2D eigenvalue weighted by atomic mass is 10.1. The van der Waals surface area contributed by atoms with Crippen LogP contribution in [0.2, 0.25) is 0 Å². The van der Waals surface area contributed by atoms with E-state index in [0.29, 0.717) is 18.4 Å². The molecular formula is C20H33N3O. The fraction of sp³-hybridized carbons (Fsp3) is 0.650. The van der Waals surface area contributed by atoms with Gasteiger partial charge in [0.2, 0.25) is 5.91 Å². The molecule has 4 heteroatoms. The van der Waals surface area contributed by atoms with Crippen LogP contribution in [0.4, 0.5) is 0 Å². The van der Waals surface area contributed by atoms with Crippen molar-refractivity contribution < 1.29 is 4.79 Å². The molecule has 0 N–H and O–H groups in total. The molecule has 2 rings (SSSR count). The number of amides is 1. The standard InChI is InChI=1S/C20H33N3O/c1-5-22(15-14-21(3)4)19-10-11-20(24)23(13-12-19)16-18-8-6-17(2)7-9-18/h6-9,19H,5,10-16H2,1-4H3. The SMILES string of the molecule is CCN(CCN(C)C)C1CCC(=O)N(Cc2ccc(C)cc2)CC1. The highest BCUT2D eigenvalue weighted by Crippen LogP contribution is 2.19. The molecule has 1 atom stereocenters. The number of nitrogens with zero attached hydrogens (tertiary/aromatic N) is 3. The maximum Gasteiger partial charge on any atom is 0.222 e. The molecule has 1 heterocycles. The smallest absolute Gasteiger partial charge is 0.222 e. The molecular weight excluding hydrogens is 298 g/mol. The number of carbonyl (C=O) groups excluding carboxylic acids is 1. The van der Waals surface area contributed by atoms with Gasteiger partial charge < -0.3 is 9.80 Å². The van der Waals surface area contributed by atoms with Crippen LogP contribution in [0.25, 0.3) is 0 Å². The van der Waals surface area contributed by atoms with Gasteiger partial charge in [-0.2, -0.15) is 0 Å². The van der Waals surface area contributed by atoms with Crippen LogP contribution < -0.4 is 0 Å². The lowest BCUT2D eigenvalue weighted by Gasteiger charge is -2.31. The van der Waals surface area contributed by atoms with Crippen LogP contribution in [0.3, 0.4) is 0 Å². The van der Waals surface area contributed by atoms with Crippen LogP contribution in [-0.4, -0.2) is 66.9 Å². The Bertz CT molecular complexity index is 512. The predicted octanol–water partition coefficient (Wildman–Crippen LogP) is 2.76. The summed E-state index contributed by atoms with van der Waals surface area (Å²) in [6.45, 7) is 9.16. The molecule has 0 aliphatic carbocycles. The third-order valence-corrected chi connectivity index (χ3v) is 5.03. The summed E-state index contributed by atoms with van der Waals surface area (Å²) in [7, 11) is 4.24. The van der Waals surface area contributed by atoms with Crippen LogP contribution in [-0.2, 0) is 11.3 Å². The van der Waals surface area contributed by atoms with E-state index in [1.54, 1.807) is 0 Å². The molecule has 1 unspecified atom stereocenters. The Morgan fingerprint density at radius 3 is 2.46 bits per heavy atom. The van der Waals surface area contributed by atoms with Crippen LogP contribution in [0.1, 0.15) is 37.3 Å². The number of hydrogen-bond donors (Lipinski definition) is 0. The molecule has 134 valence electrons. The van der Waals surface area contributed by atoms with Gasteiger partial charge in [-0.05, 0) is 46.0 Å². The molecule has 1 amide bonds. The second-order valence-electron chi connectivity index (χ2n) is 7.21. The zero-order valence-electron chi connectivity index (χ0n) is 15.8. The average Bonchev–Trinajstić information content (AvgIpc) is 2.73. The van der Waals surface area contributed by atoms with Crippen molar-refractivity contribution in [1.82, 2.24) is 14.7 Å². The molecule has 0 spiro atoms. The highest BCUT2D eigenvalue weighted by atomic mass is 16.2. The molecule has 0 saturated carbocycles. The van der Waals surface area contributed by atoms with Gasteiger partial charge >= 0.3 is 0 Å². The van der Waals surface area contributed by atoms with E-state index in [1.165, 1.54) is 11.1 Å². The average molecular weight is 332 g/mol. The van der Waals surface area contributed by atoms with Crippen molar-refractivity contribution in [2.45, 2.75) is 45.7 Å². The first kappa shape index (κ1) is 18.9. The summed E-state index contributed by atoms with van der Waals surface area (Å²) >= 11 is 0. The number of likely N-dealkylation sites (tertiary alicyclic amines) is 1. The van der Waals surface area contributed by atoms with E-state index in [4.69, 9.17) is 0 Å². The summed E-state index contributed by atoms with van der Waals surface area (Å²) in [5, 5.41) is 0. The van der Waals surface area contributed by atoms with Crippen molar-refractivity contribution in [2.75, 3.05) is 40.3 Å². The van der Waals surface area contributed by atoms with Crippen molar-refractivity contribution in [3.05, 3.63) is 35.4 Å². The van der Waals surface area contributed by atoms with Crippen LogP contribution in [0.5, 0.6) is 0 Å². The molecule has 1 aliphatic heterocycles. The number of likely N-dealkylation sites (N-methyl/N-ethyl adjacent to an activating group) is 2. The van der Waals surface area contributed by atoms with E-state index in [0.717, 1.165) is 45.6 Å². The molecule has 1 aliphatic rings. The zero-order valence-corrected chi connectivity index (χ0v) is 15.8. The minimum absolute atomic E-state index is 0.307. The van der Waals surface area contributed by atoms with Crippen molar-refractivity contribution in [3.63, 3.8) is 0 Å². The van der Waals surface area contributed by atoms with E-state index >= 15 is 0 Å². The number of aryl methyl sites for hydroxylation is 1. The minimum Gasteiger partial charge on any atom is -0.338 e. The van der Waals surface area contributed by atoms with Crippen LogP contribution >= 0.6 is 0 Å². The van der Waals surface area contributed by atoms with Crippen LogP contribution in [0, 0.1) is 6.92 Å². The molecule has 0 bridgehead atoms. The summed E-state index contributed by atoms with van der Waals surface area (Å²) in [6, 6.07) is 9.06. The molecule has 24 heavy (non-hydrogen) atoms. The third kappa shape index (κ3) is 5.60. The highest BCUT2D eigenvalue weighted by Gasteiger charge is 2.25. The van der Waals surface area contributed by atoms with Crippen molar-refractivity contribution in [2.24, 2.45) is 0 Å². The summed E-state index contributed by atoms with van der Waals surface area (Å²) in [5.41, 5.74) is 2.49. The second kappa shape index (κ2) is 9.19. The van der Waals surface area contributed by atoms with E-state index in [2.05, 4.69) is 62.0 Å². The monoisotopic (exact) mass is 331 g/mol. The Balaban J connectivity index is 1.93. The lowest BCUT2D eigenvalue weighted by molar-refractivity contribution is -0.131. The van der Waals surface area contributed by atoms with Crippen molar-refractivity contribution >= 4 is 5.91 Å². The lowest BCUT2D eigenvalue weighted by Crippen LogP contribution is -2.40. The van der Waals surface area contributed by atoms with Crippen molar-refractivity contribution in [3.8, 4) is 0 Å². The summed E-state index contributed by atoms with van der Waals surface area (Å²) in [5.74, 6) is 0.307. The Kier molecular flexibility index (Phi) is 7.25. The Morgan fingerprint density at radius 2 is 1.83 bits per heavy atom. The topological polar surface area (TPSA) is 26.8 Å². The molecule has 1 aromatic rings. The van der Waals surface area contributed by atoms with Gasteiger partial charge in [0.05, 0.1) is 0 Å². The zero-order chi connectivity index (χ0) is 17.5.